The van der Waals surface area contributed by atoms with Crippen LogP contribution in [0, 0.1) is 0 Å². The Morgan fingerprint density at radius 2 is 2.11 bits per heavy atom. The predicted octanol–water partition coefficient (Wildman–Crippen LogP) is 3.02. The Kier molecular flexibility index (Phi) is 2.68. The highest BCUT2D eigenvalue weighted by atomic mass is 16.5. The maximum atomic E-state index is 5.32. The Morgan fingerprint density at radius 1 is 1.17 bits per heavy atom. The molecule has 3 aromatic heterocycles. The largest absolute Gasteiger partial charge is 0.478 e. The number of nitrogens with zero attached hydrogens (tertiary/aromatic N) is 2. The molecule has 0 aliphatic rings. The van der Waals surface area contributed by atoms with Crippen molar-refractivity contribution < 1.29 is 4.74 Å². The molecule has 0 unspecified atom stereocenters. The van der Waals surface area contributed by atoms with E-state index in [1.165, 1.54) is 0 Å². The lowest BCUT2D eigenvalue weighted by Crippen LogP contribution is -1.94. The molecule has 0 aliphatic carbocycles. The van der Waals surface area contributed by atoms with Crippen molar-refractivity contribution in [2.75, 3.05) is 6.61 Å². The normalized spacial score (nSPS) is 10.7. The standard InChI is InChI=1S/C14H13N3O/c1-2-18-13-6-4-11(9-16-13)12-5-3-10-7-8-15-14(10)17-12/h3-9H,2H2,1H3,(H,15,17). The van der Waals surface area contributed by atoms with E-state index in [4.69, 9.17) is 4.74 Å². The van der Waals surface area contributed by atoms with Crippen LogP contribution in [0.4, 0.5) is 0 Å². The third kappa shape index (κ3) is 1.93. The second kappa shape index (κ2) is 4.49. The zero-order valence-corrected chi connectivity index (χ0v) is 10.1. The molecular weight excluding hydrogens is 226 g/mol. The van der Waals surface area contributed by atoms with Gasteiger partial charge in [-0.1, -0.05) is 0 Å². The average molecular weight is 239 g/mol. The lowest BCUT2D eigenvalue weighted by Gasteiger charge is -2.03. The number of H-pyrrole nitrogens is 1. The first-order valence-corrected chi connectivity index (χ1v) is 5.90. The van der Waals surface area contributed by atoms with E-state index >= 15 is 0 Å². The number of hydrogen-bond acceptors (Lipinski definition) is 3. The Morgan fingerprint density at radius 3 is 2.89 bits per heavy atom. The van der Waals surface area contributed by atoms with Gasteiger partial charge in [-0.05, 0) is 31.2 Å². The highest BCUT2D eigenvalue weighted by Crippen LogP contribution is 2.21. The minimum absolute atomic E-state index is 0.624. The fourth-order valence-corrected chi connectivity index (χ4v) is 1.86. The van der Waals surface area contributed by atoms with Crippen molar-refractivity contribution in [1.82, 2.24) is 15.0 Å². The third-order valence-corrected chi connectivity index (χ3v) is 2.73. The second-order valence-electron chi connectivity index (χ2n) is 3.93. The van der Waals surface area contributed by atoms with E-state index in [0.717, 1.165) is 22.3 Å². The van der Waals surface area contributed by atoms with Crippen LogP contribution in [0.1, 0.15) is 6.92 Å². The van der Waals surface area contributed by atoms with Crippen molar-refractivity contribution in [3.63, 3.8) is 0 Å². The summed E-state index contributed by atoms with van der Waals surface area (Å²) in [4.78, 5) is 11.9. The molecule has 1 N–H and O–H groups in total. The lowest BCUT2D eigenvalue weighted by atomic mass is 10.2. The van der Waals surface area contributed by atoms with Gasteiger partial charge < -0.3 is 9.72 Å². The summed E-state index contributed by atoms with van der Waals surface area (Å²) in [6.45, 7) is 2.56. The van der Waals surface area contributed by atoms with E-state index in [9.17, 15) is 0 Å². The van der Waals surface area contributed by atoms with Gasteiger partial charge >= 0.3 is 0 Å². The number of aromatic nitrogens is 3. The number of pyridine rings is 2. The van der Waals surface area contributed by atoms with Gasteiger partial charge in [0, 0.05) is 29.4 Å². The van der Waals surface area contributed by atoms with Crippen LogP contribution in [-0.4, -0.2) is 21.6 Å². The SMILES string of the molecule is CCOc1ccc(-c2ccc3cc[nH]c3n2)cn1. The number of aromatic amines is 1. The van der Waals surface area contributed by atoms with Gasteiger partial charge in [-0.2, -0.15) is 0 Å². The Labute approximate surface area is 105 Å². The summed E-state index contributed by atoms with van der Waals surface area (Å²) in [5.74, 6) is 0.641. The molecule has 3 rings (SSSR count). The first-order chi connectivity index (χ1) is 8.86. The van der Waals surface area contributed by atoms with Gasteiger partial charge in [-0.3, -0.25) is 0 Å². The van der Waals surface area contributed by atoms with Crippen molar-refractivity contribution >= 4 is 11.0 Å². The zero-order valence-electron chi connectivity index (χ0n) is 10.1. The van der Waals surface area contributed by atoms with Gasteiger partial charge in [0.25, 0.3) is 0 Å². The van der Waals surface area contributed by atoms with Crippen molar-refractivity contribution in [3.05, 3.63) is 42.7 Å². The molecule has 0 saturated carbocycles. The molecular formula is C14H13N3O. The van der Waals surface area contributed by atoms with Crippen molar-refractivity contribution in [3.8, 4) is 17.1 Å². The number of fused-ring (bicyclic) bond motifs is 1. The van der Waals surface area contributed by atoms with Gasteiger partial charge in [-0.15, -0.1) is 0 Å². The molecule has 0 fully saturated rings. The van der Waals surface area contributed by atoms with Crippen LogP contribution in [-0.2, 0) is 0 Å². The number of hydrogen-bond donors (Lipinski definition) is 1. The van der Waals surface area contributed by atoms with E-state index in [1.807, 2.05) is 43.5 Å². The summed E-state index contributed by atoms with van der Waals surface area (Å²) in [5.41, 5.74) is 2.77. The summed E-state index contributed by atoms with van der Waals surface area (Å²) < 4.78 is 5.32. The van der Waals surface area contributed by atoms with Gasteiger partial charge in [-0.25, -0.2) is 9.97 Å². The van der Waals surface area contributed by atoms with Crippen molar-refractivity contribution in [2.24, 2.45) is 0 Å². The molecule has 18 heavy (non-hydrogen) atoms. The first kappa shape index (κ1) is 10.8. The first-order valence-electron chi connectivity index (χ1n) is 5.90. The Balaban J connectivity index is 1.97. The summed E-state index contributed by atoms with van der Waals surface area (Å²) in [5, 5.41) is 1.11. The molecule has 0 atom stereocenters. The minimum Gasteiger partial charge on any atom is -0.478 e. The number of ether oxygens (including phenoxy) is 1. The highest BCUT2D eigenvalue weighted by Gasteiger charge is 2.03. The molecule has 0 radical (unpaired) electrons. The Bertz CT molecular complexity index is 658. The van der Waals surface area contributed by atoms with Crippen LogP contribution in [0.5, 0.6) is 5.88 Å². The van der Waals surface area contributed by atoms with E-state index in [2.05, 4.69) is 15.0 Å². The fourth-order valence-electron chi connectivity index (χ4n) is 1.86. The number of nitrogens with one attached hydrogen (secondary N) is 1. The fraction of sp³-hybridized carbons (Fsp3) is 0.143. The summed E-state index contributed by atoms with van der Waals surface area (Å²) >= 11 is 0. The molecule has 0 amide bonds. The Hall–Kier alpha value is -2.36. The average Bonchev–Trinajstić information content (AvgIpc) is 2.87. The van der Waals surface area contributed by atoms with Crippen molar-refractivity contribution in [1.29, 1.82) is 0 Å². The molecule has 4 nitrogen and oxygen atoms in total. The molecule has 90 valence electrons. The van der Waals surface area contributed by atoms with Crippen LogP contribution in [0.3, 0.4) is 0 Å². The van der Waals surface area contributed by atoms with E-state index in [1.54, 1.807) is 6.20 Å². The monoisotopic (exact) mass is 239 g/mol. The third-order valence-electron chi connectivity index (χ3n) is 2.73. The quantitative estimate of drug-likeness (QED) is 0.764. The van der Waals surface area contributed by atoms with Gasteiger partial charge in [0.2, 0.25) is 5.88 Å². The van der Waals surface area contributed by atoms with Gasteiger partial charge in [0.15, 0.2) is 0 Å². The van der Waals surface area contributed by atoms with Crippen LogP contribution in [0.15, 0.2) is 42.7 Å². The lowest BCUT2D eigenvalue weighted by molar-refractivity contribution is 0.327. The molecule has 3 aromatic rings. The van der Waals surface area contributed by atoms with Gasteiger partial charge in [0.05, 0.1) is 12.3 Å². The minimum atomic E-state index is 0.624. The van der Waals surface area contributed by atoms with E-state index in [0.29, 0.717) is 12.5 Å². The zero-order chi connectivity index (χ0) is 12.4. The summed E-state index contributed by atoms with van der Waals surface area (Å²) in [7, 11) is 0. The smallest absolute Gasteiger partial charge is 0.213 e. The molecule has 4 heteroatoms. The maximum Gasteiger partial charge on any atom is 0.213 e. The molecule has 0 spiro atoms. The predicted molar refractivity (Wildman–Crippen MR) is 70.5 cm³/mol. The summed E-state index contributed by atoms with van der Waals surface area (Å²) in [6.07, 6.45) is 3.67. The van der Waals surface area contributed by atoms with E-state index < -0.39 is 0 Å². The topological polar surface area (TPSA) is 50.8 Å². The molecule has 0 aromatic carbocycles. The highest BCUT2D eigenvalue weighted by molar-refractivity contribution is 5.78. The van der Waals surface area contributed by atoms with Crippen LogP contribution < -0.4 is 4.74 Å². The van der Waals surface area contributed by atoms with E-state index in [-0.39, 0.29) is 0 Å². The molecule has 3 heterocycles. The maximum absolute atomic E-state index is 5.32. The second-order valence-corrected chi connectivity index (χ2v) is 3.93. The van der Waals surface area contributed by atoms with Crippen molar-refractivity contribution in [2.45, 2.75) is 6.92 Å². The summed E-state index contributed by atoms with van der Waals surface area (Å²) in [6, 6.07) is 9.87. The molecule has 0 saturated heterocycles. The van der Waals surface area contributed by atoms with Crippen LogP contribution >= 0.6 is 0 Å². The molecule has 0 aliphatic heterocycles. The van der Waals surface area contributed by atoms with Gasteiger partial charge in [0.1, 0.15) is 5.65 Å². The number of rotatable bonds is 3. The van der Waals surface area contributed by atoms with Crippen LogP contribution in [0.25, 0.3) is 22.3 Å². The molecule has 0 bridgehead atoms. The van der Waals surface area contributed by atoms with Crippen LogP contribution in [0.2, 0.25) is 0 Å².